The lowest BCUT2D eigenvalue weighted by molar-refractivity contribution is -0.123. The summed E-state index contributed by atoms with van der Waals surface area (Å²) in [5, 5.41) is 3.87. The normalized spacial score (nSPS) is 10.5. The van der Waals surface area contributed by atoms with E-state index >= 15 is 0 Å². The van der Waals surface area contributed by atoms with Crippen LogP contribution in [0.5, 0.6) is 5.75 Å². The third-order valence-corrected chi connectivity index (χ3v) is 4.31. The number of ether oxygens (including phenoxy) is 1. The minimum absolute atomic E-state index is 0.0471. The summed E-state index contributed by atoms with van der Waals surface area (Å²) in [6.07, 6.45) is 0. The van der Waals surface area contributed by atoms with Crippen LogP contribution < -0.4 is 10.1 Å². The summed E-state index contributed by atoms with van der Waals surface area (Å²) in [6.45, 7) is 4.17. The van der Waals surface area contributed by atoms with Gasteiger partial charge in [-0.05, 0) is 54.8 Å². The van der Waals surface area contributed by atoms with Crippen molar-refractivity contribution < 1.29 is 9.53 Å². The number of carbonyl (C=O) groups excluding carboxylic acids is 1. The fourth-order valence-corrected chi connectivity index (χ4v) is 3.33. The molecule has 0 radical (unpaired) electrons. The summed E-state index contributed by atoms with van der Waals surface area (Å²) >= 11 is 15.3. The second-order valence-electron chi connectivity index (χ2n) is 5.17. The maximum Gasteiger partial charge on any atom is 0.258 e. The van der Waals surface area contributed by atoms with Gasteiger partial charge in [-0.3, -0.25) is 4.79 Å². The van der Waals surface area contributed by atoms with E-state index in [1.54, 1.807) is 18.2 Å². The van der Waals surface area contributed by atoms with Crippen LogP contribution in [0, 0.1) is 13.8 Å². The van der Waals surface area contributed by atoms with E-state index in [2.05, 4.69) is 21.2 Å². The molecule has 2 aromatic carbocycles. The summed E-state index contributed by atoms with van der Waals surface area (Å²) in [6, 6.07) is 9.08. The van der Waals surface area contributed by atoms with Crippen molar-refractivity contribution in [2.45, 2.75) is 20.4 Å². The van der Waals surface area contributed by atoms with E-state index in [-0.39, 0.29) is 12.5 Å². The fourth-order valence-electron chi connectivity index (χ4n) is 2.17. The number of halogens is 3. The van der Waals surface area contributed by atoms with Gasteiger partial charge in [-0.2, -0.15) is 0 Å². The SMILES string of the molecule is Cc1cc(Br)cc(C)c1OCC(=O)NCc1ccc(Cl)cc1Cl. The van der Waals surface area contributed by atoms with Crippen LogP contribution in [0.1, 0.15) is 16.7 Å². The Morgan fingerprint density at radius 3 is 2.43 bits per heavy atom. The van der Waals surface area contributed by atoms with Crippen LogP contribution >= 0.6 is 39.1 Å². The zero-order valence-corrected chi connectivity index (χ0v) is 15.8. The standard InChI is InChI=1S/C17H16BrCl2NO2/c1-10-5-13(18)6-11(2)17(10)23-9-16(22)21-8-12-3-4-14(19)7-15(12)20/h3-7H,8-9H2,1-2H3,(H,21,22). The molecule has 0 unspecified atom stereocenters. The Morgan fingerprint density at radius 1 is 1.17 bits per heavy atom. The third-order valence-electron chi connectivity index (χ3n) is 3.26. The van der Waals surface area contributed by atoms with Crippen molar-refractivity contribution in [1.29, 1.82) is 0 Å². The highest BCUT2D eigenvalue weighted by Crippen LogP contribution is 2.27. The number of rotatable bonds is 5. The average molecular weight is 417 g/mol. The summed E-state index contributed by atoms with van der Waals surface area (Å²) in [7, 11) is 0. The molecule has 1 N–H and O–H groups in total. The molecule has 122 valence electrons. The van der Waals surface area contributed by atoms with E-state index in [9.17, 15) is 4.79 Å². The lowest BCUT2D eigenvalue weighted by Crippen LogP contribution is -2.28. The van der Waals surface area contributed by atoms with Gasteiger partial charge in [-0.25, -0.2) is 0 Å². The second-order valence-corrected chi connectivity index (χ2v) is 6.93. The molecule has 0 aromatic heterocycles. The molecule has 0 aliphatic carbocycles. The van der Waals surface area contributed by atoms with E-state index in [0.29, 0.717) is 16.6 Å². The molecule has 0 saturated carbocycles. The Balaban J connectivity index is 1.91. The molecule has 23 heavy (non-hydrogen) atoms. The van der Waals surface area contributed by atoms with Crippen molar-refractivity contribution in [2.24, 2.45) is 0 Å². The lowest BCUT2D eigenvalue weighted by Gasteiger charge is -2.13. The number of aryl methyl sites for hydroxylation is 2. The quantitative estimate of drug-likeness (QED) is 0.738. The van der Waals surface area contributed by atoms with E-state index in [0.717, 1.165) is 26.9 Å². The van der Waals surface area contributed by atoms with Crippen LogP contribution in [-0.2, 0) is 11.3 Å². The van der Waals surface area contributed by atoms with Gasteiger partial charge in [0.2, 0.25) is 0 Å². The number of benzene rings is 2. The summed E-state index contributed by atoms with van der Waals surface area (Å²) in [5.41, 5.74) is 2.76. The smallest absolute Gasteiger partial charge is 0.258 e. The molecular weight excluding hydrogens is 401 g/mol. The second kappa shape index (κ2) is 8.04. The molecule has 2 rings (SSSR count). The van der Waals surface area contributed by atoms with Crippen LogP contribution in [0.3, 0.4) is 0 Å². The van der Waals surface area contributed by atoms with Crippen LogP contribution in [-0.4, -0.2) is 12.5 Å². The largest absolute Gasteiger partial charge is 0.483 e. The highest BCUT2D eigenvalue weighted by molar-refractivity contribution is 9.10. The minimum atomic E-state index is -0.210. The van der Waals surface area contributed by atoms with Gasteiger partial charge in [-0.1, -0.05) is 45.2 Å². The Kier molecular flexibility index (Phi) is 6.33. The summed E-state index contributed by atoms with van der Waals surface area (Å²) in [4.78, 5) is 11.9. The molecule has 0 aliphatic heterocycles. The highest BCUT2D eigenvalue weighted by atomic mass is 79.9. The van der Waals surface area contributed by atoms with Crippen LogP contribution in [0.15, 0.2) is 34.8 Å². The zero-order chi connectivity index (χ0) is 17.0. The first-order valence-corrected chi connectivity index (χ1v) is 8.52. The first-order chi connectivity index (χ1) is 10.9. The number of hydrogen-bond acceptors (Lipinski definition) is 2. The molecule has 6 heteroatoms. The molecular formula is C17H16BrCl2NO2. The molecule has 0 heterocycles. The molecule has 0 aliphatic rings. The topological polar surface area (TPSA) is 38.3 Å². The highest BCUT2D eigenvalue weighted by Gasteiger charge is 2.09. The van der Waals surface area contributed by atoms with Gasteiger partial charge in [0.15, 0.2) is 6.61 Å². The van der Waals surface area contributed by atoms with Crippen molar-refractivity contribution in [2.75, 3.05) is 6.61 Å². The maximum atomic E-state index is 11.9. The van der Waals surface area contributed by atoms with Crippen LogP contribution in [0.25, 0.3) is 0 Å². The Labute approximate surface area is 154 Å². The summed E-state index contributed by atoms with van der Waals surface area (Å²) in [5.74, 6) is 0.519. The van der Waals surface area contributed by atoms with Crippen molar-refractivity contribution >= 4 is 45.0 Å². The van der Waals surface area contributed by atoms with E-state index < -0.39 is 0 Å². The van der Waals surface area contributed by atoms with Gasteiger partial charge < -0.3 is 10.1 Å². The molecule has 0 atom stereocenters. The van der Waals surface area contributed by atoms with E-state index in [1.807, 2.05) is 26.0 Å². The van der Waals surface area contributed by atoms with E-state index in [1.165, 1.54) is 0 Å². The predicted octanol–water partition coefficient (Wildman–Crippen LogP) is 5.07. The molecule has 0 fully saturated rings. The Morgan fingerprint density at radius 2 is 1.83 bits per heavy atom. The monoisotopic (exact) mass is 415 g/mol. The Hall–Kier alpha value is -1.23. The first-order valence-electron chi connectivity index (χ1n) is 6.97. The van der Waals surface area contributed by atoms with Gasteiger partial charge in [-0.15, -0.1) is 0 Å². The minimum Gasteiger partial charge on any atom is -0.483 e. The van der Waals surface area contributed by atoms with Gasteiger partial charge in [0.25, 0.3) is 5.91 Å². The van der Waals surface area contributed by atoms with E-state index in [4.69, 9.17) is 27.9 Å². The van der Waals surface area contributed by atoms with Crippen LogP contribution in [0.4, 0.5) is 0 Å². The van der Waals surface area contributed by atoms with Crippen molar-refractivity contribution in [3.05, 3.63) is 61.5 Å². The maximum absolute atomic E-state index is 11.9. The number of amides is 1. The molecule has 3 nitrogen and oxygen atoms in total. The van der Waals surface area contributed by atoms with Crippen LogP contribution in [0.2, 0.25) is 10.0 Å². The van der Waals surface area contributed by atoms with Crippen molar-refractivity contribution in [3.63, 3.8) is 0 Å². The van der Waals surface area contributed by atoms with Crippen molar-refractivity contribution in [3.8, 4) is 5.75 Å². The lowest BCUT2D eigenvalue weighted by atomic mass is 10.1. The molecule has 0 bridgehead atoms. The van der Waals surface area contributed by atoms with Gasteiger partial charge in [0.1, 0.15) is 5.75 Å². The molecule has 0 spiro atoms. The Bertz CT molecular complexity index is 712. The third kappa shape index (κ3) is 5.13. The molecule has 0 saturated heterocycles. The van der Waals surface area contributed by atoms with Crippen molar-refractivity contribution in [1.82, 2.24) is 5.32 Å². The summed E-state index contributed by atoms with van der Waals surface area (Å²) < 4.78 is 6.62. The first kappa shape index (κ1) is 18.1. The molecule has 2 aromatic rings. The number of hydrogen-bond donors (Lipinski definition) is 1. The van der Waals surface area contributed by atoms with Gasteiger partial charge >= 0.3 is 0 Å². The van der Waals surface area contributed by atoms with Gasteiger partial charge in [0, 0.05) is 21.1 Å². The predicted molar refractivity (Wildman–Crippen MR) is 97.4 cm³/mol. The average Bonchev–Trinajstić information content (AvgIpc) is 2.45. The van der Waals surface area contributed by atoms with Gasteiger partial charge in [0.05, 0.1) is 0 Å². The number of carbonyl (C=O) groups is 1. The number of nitrogens with one attached hydrogen (secondary N) is 1. The molecule has 1 amide bonds. The fraction of sp³-hybridized carbons (Fsp3) is 0.235. The zero-order valence-electron chi connectivity index (χ0n) is 12.8.